The zero-order valence-electron chi connectivity index (χ0n) is 9.91. The maximum atomic E-state index is 9.44. The van der Waals surface area contributed by atoms with Gasteiger partial charge in [0.1, 0.15) is 0 Å². The molecule has 0 heterocycles. The molecule has 4 unspecified atom stereocenters. The predicted molar refractivity (Wildman–Crippen MR) is 62.8 cm³/mol. The Morgan fingerprint density at radius 3 is 2.47 bits per heavy atom. The lowest BCUT2D eigenvalue weighted by Gasteiger charge is -2.16. The zero-order valence-corrected chi connectivity index (χ0v) is 9.91. The van der Waals surface area contributed by atoms with E-state index < -0.39 is 0 Å². The Kier molecular flexibility index (Phi) is 4.04. The number of hydrogen-bond donors (Lipinski definition) is 2. The largest absolute Gasteiger partial charge is 0.393 e. The highest BCUT2D eigenvalue weighted by Gasteiger charge is 2.26. The van der Waals surface area contributed by atoms with Crippen LogP contribution in [0.15, 0.2) is 0 Å². The molecule has 0 spiro atoms. The van der Waals surface area contributed by atoms with Gasteiger partial charge in [0, 0.05) is 6.04 Å². The molecule has 2 saturated carbocycles. The van der Waals surface area contributed by atoms with E-state index >= 15 is 0 Å². The van der Waals surface area contributed by atoms with Crippen molar-refractivity contribution in [1.82, 2.24) is 5.32 Å². The molecule has 0 aromatic carbocycles. The predicted octanol–water partition coefficient (Wildman–Crippen LogP) is 2.32. The smallest absolute Gasteiger partial charge is 0.0543 e. The molecule has 0 amide bonds. The SMILES string of the molecule is CCC1CCC(NCC2CCC(O)C2)C1. The first-order valence-electron chi connectivity index (χ1n) is 6.69. The zero-order chi connectivity index (χ0) is 10.7. The molecule has 15 heavy (non-hydrogen) atoms. The van der Waals surface area contributed by atoms with Crippen LogP contribution in [-0.4, -0.2) is 23.8 Å². The average Bonchev–Trinajstić information content (AvgIpc) is 2.83. The van der Waals surface area contributed by atoms with E-state index in [1.54, 1.807) is 0 Å². The van der Waals surface area contributed by atoms with Crippen molar-refractivity contribution in [3.05, 3.63) is 0 Å². The van der Waals surface area contributed by atoms with Gasteiger partial charge < -0.3 is 10.4 Å². The third-order valence-electron chi connectivity index (χ3n) is 4.33. The molecule has 0 aromatic heterocycles. The van der Waals surface area contributed by atoms with Crippen LogP contribution in [0.4, 0.5) is 0 Å². The molecule has 2 fully saturated rings. The minimum absolute atomic E-state index is 0.0104. The van der Waals surface area contributed by atoms with Gasteiger partial charge in [-0.25, -0.2) is 0 Å². The summed E-state index contributed by atoms with van der Waals surface area (Å²) in [5.41, 5.74) is 0. The van der Waals surface area contributed by atoms with Crippen LogP contribution in [0.1, 0.15) is 51.9 Å². The fourth-order valence-corrected chi connectivity index (χ4v) is 3.20. The Bertz CT molecular complexity index is 195. The summed E-state index contributed by atoms with van der Waals surface area (Å²) in [5, 5.41) is 13.1. The minimum Gasteiger partial charge on any atom is -0.393 e. The van der Waals surface area contributed by atoms with Crippen LogP contribution in [0.2, 0.25) is 0 Å². The van der Waals surface area contributed by atoms with Gasteiger partial charge in [-0.2, -0.15) is 0 Å². The van der Waals surface area contributed by atoms with Gasteiger partial charge in [0.25, 0.3) is 0 Å². The van der Waals surface area contributed by atoms with Gasteiger partial charge in [-0.05, 0) is 56.9 Å². The van der Waals surface area contributed by atoms with E-state index in [-0.39, 0.29) is 6.10 Å². The summed E-state index contributed by atoms with van der Waals surface area (Å²) in [4.78, 5) is 0. The monoisotopic (exact) mass is 211 g/mol. The molecule has 2 rings (SSSR count). The summed E-state index contributed by atoms with van der Waals surface area (Å²) in [6, 6.07) is 0.771. The van der Waals surface area contributed by atoms with Crippen LogP contribution < -0.4 is 5.32 Å². The number of aliphatic hydroxyl groups excluding tert-OH is 1. The number of hydrogen-bond acceptors (Lipinski definition) is 2. The molecule has 4 atom stereocenters. The van der Waals surface area contributed by atoms with E-state index in [1.807, 2.05) is 0 Å². The Balaban J connectivity index is 1.62. The number of aliphatic hydroxyl groups is 1. The van der Waals surface area contributed by atoms with Gasteiger partial charge in [0.15, 0.2) is 0 Å². The molecule has 2 aliphatic carbocycles. The van der Waals surface area contributed by atoms with Gasteiger partial charge in [-0.1, -0.05) is 13.3 Å². The molecule has 0 bridgehead atoms. The lowest BCUT2D eigenvalue weighted by molar-refractivity contribution is 0.177. The van der Waals surface area contributed by atoms with Crippen LogP contribution >= 0.6 is 0 Å². The summed E-state index contributed by atoms with van der Waals surface area (Å²) in [7, 11) is 0. The summed E-state index contributed by atoms with van der Waals surface area (Å²) in [6.07, 6.45) is 8.77. The van der Waals surface area contributed by atoms with E-state index in [1.165, 1.54) is 32.1 Å². The quantitative estimate of drug-likeness (QED) is 0.748. The van der Waals surface area contributed by atoms with E-state index in [0.717, 1.165) is 37.3 Å². The van der Waals surface area contributed by atoms with Gasteiger partial charge in [0.2, 0.25) is 0 Å². The molecule has 0 radical (unpaired) electrons. The summed E-state index contributed by atoms with van der Waals surface area (Å²) >= 11 is 0. The van der Waals surface area contributed by atoms with Crippen LogP contribution in [0.25, 0.3) is 0 Å². The van der Waals surface area contributed by atoms with E-state index in [2.05, 4.69) is 12.2 Å². The van der Waals surface area contributed by atoms with Crippen molar-refractivity contribution >= 4 is 0 Å². The molecular weight excluding hydrogens is 186 g/mol. The molecule has 0 aromatic rings. The molecule has 0 aliphatic heterocycles. The van der Waals surface area contributed by atoms with E-state index in [0.29, 0.717) is 0 Å². The van der Waals surface area contributed by atoms with Crippen molar-refractivity contribution in [3.8, 4) is 0 Å². The maximum Gasteiger partial charge on any atom is 0.0543 e. The highest BCUT2D eigenvalue weighted by atomic mass is 16.3. The number of rotatable bonds is 4. The van der Waals surface area contributed by atoms with Gasteiger partial charge >= 0.3 is 0 Å². The van der Waals surface area contributed by atoms with E-state index in [4.69, 9.17) is 0 Å². The minimum atomic E-state index is -0.0104. The first-order chi connectivity index (χ1) is 7.28. The van der Waals surface area contributed by atoms with Crippen LogP contribution in [-0.2, 0) is 0 Å². The van der Waals surface area contributed by atoms with Gasteiger partial charge in [0.05, 0.1) is 6.10 Å². The van der Waals surface area contributed by atoms with Crippen molar-refractivity contribution in [2.45, 2.75) is 64.0 Å². The average molecular weight is 211 g/mol. The topological polar surface area (TPSA) is 32.3 Å². The summed E-state index contributed by atoms with van der Waals surface area (Å²) in [6.45, 7) is 3.44. The molecule has 2 heteroatoms. The summed E-state index contributed by atoms with van der Waals surface area (Å²) < 4.78 is 0. The molecule has 2 nitrogen and oxygen atoms in total. The standard InChI is InChI=1S/C13H25NO/c1-2-10-3-5-12(7-10)14-9-11-4-6-13(15)8-11/h10-15H,2-9H2,1H3. The second-order valence-electron chi connectivity index (χ2n) is 5.53. The highest BCUT2D eigenvalue weighted by Crippen LogP contribution is 2.29. The third-order valence-corrected chi connectivity index (χ3v) is 4.33. The second-order valence-corrected chi connectivity index (χ2v) is 5.53. The van der Waals surface area contributed by atoms with Crippen LogP contribution in [0.5, 0.6) is 0 Å². The van der Waals surface area contributed by atoms with E-state index in [9.17, 15) is 5.11 Å². The molecule has 0 saturated heterocycles. The fraction of sp³-hybridized carbons (Fsp3) is 1.00. The third kappa shape index (κ3) is 3.18. The van der Waals surface area contributed by atoms with Gasteiger partial charge in [-0.3, -0.25) is 0 Å². The molecule has 2 N–H and O–H groups in total. The molecule has 88 valence electrons. The number of nitrogens with one attached hydrogen (secondary N) is 1. The molecule has 2 aliphatic rings. The lowest BCUT2D eigenvalue weighted by Crippen LogP contribution is -2.31. The van der Waals surface area contributed by atoms with Crippen molar-refractivity contribution in [3.63, 3.8) is 0 Å². The fourth-order valence-electron chi connectivity index (χ4n) is 3.20. The maximum absolute atomic E-state index is 9.44. The van der Waals surface area contributed by atoms with Crippen molar-refractivity contribution in [1.29, 1.82) is 0 Å². The first-order valence-corrected chi connectivity index (χ1v) is 6.69. The first kappa shape index (κ1) is 11.4. The normalized spacial score (nSPS) is 41.2. The molecular formula is C13H25NO. The van der Waals surface area contributed by atoms with Crippen LogP contribution in [0.3, 0.4) is 0 Å². The lowest BCUT2D eigenvalue weighted by atomic mass is 10.0. The Labute approximate surface area is 93.5 Å². The van der Waals surface area contributed by atoms with Crippen molar-refractivity contribution < 1.29 is 5.11 Å². The Hall–Kier alpha value is -0.0800. The Morgan fingerprint density at radius 1 is 1.07 bits per heavy atom. The second kappa shape index (κ2) is 5.31. The summed E-state index contributed by atoms with van der Waals surface area (Å²) in [5.74, 6) is 1.71. The van der Waals surface area contributed by atoms with Crippen LogP contribution in [0, 0.1) is 11.8 Å². The van der Waals surface area contributed by atoms with Gasteiger partial charge in [-0.15, -0.1) is 0 Å². The van der Waals surface area contributed by atoms with Crippen molar-refractivity contribution in [2.75, 3.05) is 6.54 Å². The highest BCUT2D eigenvalue weighted by molar-refractivity contribution is 4.82. The van der Waals surface area contributed by atoms with Crippen molar-refractivity contribution in [2.24, 2.45) is 11.8 Å². The Morgan fingerprint density at radius 2 is 1.87 bits per heavy atom.